The molecule has 1 fully saturated rings. The van der Waals surface area contributed by atoms with Gasteiger partial charge in [0.15, 0.2) is 0 Å². The van der Waals surface area contributed by atoms with Gasteiger partial charge in [0.1, 0.15) is 23.4 Å². The Labute approximate surface area is 217 Å². The molecule has 1 aliphatic heterocycles. The Morgan fingerprint density at radius 1 is 1.24 bits per heavy atom. The van der Waals surface area contributed by atoms with E-state index in [1.807, 2.05) is 20.9 Å². The summed E-state index contributed by atoms with van der Waals surface area (Å²) in [4.78, 5) is 32.5. The Kier molecular flexibility index (Phi) is 6.43. The van der Waals surface area contributed by atoms with Crippen LogP contribution in [-0.4, -0.2) is 50.1 Å². The van der Waals surface area contributed by atoms with E-state index in [1.165, 1.54) is 0 Å². The van der Waals surface area contributed by atoms with Gasteiger partial charge in [-0.15, -0.1) is 6.42 Å². The molecule has 0 saturated carbocycles. The lowest BCUT2D eigenvalue weighted by atomic mass is 9.84. The van der Waals surface area contributed by atoms with Crippen molar-refractivity contribution in [3.8, 4) is 29.4 Å². The van der Waals surface area contributed by atoms with E-state index in [2.05, 4.69) is 36.4 Å². The number of hydrogen-bond acceptors (Lipinski definition) is 5. The third-order valence-corrected chi connectivity index (χ3v) is 7.66. The van der Waals surface area contributed by atoms with Crippen molar-refractivity contribution in [2.24, 2.45) is 13.0 Å². The molecule has 1 saturated heterocycles. The van der Waals surface area contributed by atoms with Crippen molar-refractivity contribution in [2.75, 3.05) is 13.7 Å². The fourth-order valence-electron chi connectivity index (χ4n) is 5.83. The largest absolute Gasteiger partial charge is 0.496 e. The Morgan fingerprint density at radius 2 is 2.05 bits per heavy atom. The average molecular weight is 495 g/mol. The maximum Gasteiger partial charge on any atom is 0.300 e. The van der Waals surface area contributed by atoms with Gasteiger partial charge in [0.05, 0.1) is 29.8 Å². The molecule has 4 heterocycles. The number of pyridine rings is 1. The van der Waals surface area contributed by atoms with Gasteiger partial charge in [-0.25, -0.2) is 21.5 Å². The molecule has 1 aliphatic carbocycles. The van der Waals surface area contributed by atoms with Crippen molar-refractivity contribution in [1.29, 1.82) is 0 Å². The summed E-state index contributed by atoms with van der Waals surface area (Å²) in [5.74, 6) is 3.27. The van der Waals surface area contributed by atoms with Crippen molar-refractivity contribution < 1.29 is 9.53 Å². The number of rotatable bonds is 4. The zero-order valence-electron chi connectivity index (χ0n) is 21.7. The summed E-state index contributed by atoms with van der Waals surface area (Å²) in [6.07, 6.45) is 12.9. The van der Waals surface area contributed by atoms with Crippen LogP contribution in [0.4, 0.5) is 0 Å². The first kappa shape index (κ1) is 24.5. The molecular weight excluding hydrogens is 464 g/mol. The molecular formula is C29H30N6O2. The minimum atomic E-state index is -0.309. The first-order valence-corrected chi connectivity index (χ1v) is 12.6. The number of hydrogen-bond donors (Lipinski definition) is 0. The highest BCUT2D eigenvalue weighted by molar-refractivity contribution is 6.02. The standard InChI is InChI=1S/C29H30N6O2/c1-7-21-15-22(37-6)24(18(3)33-21)27-26(25-17(2)31-16-32-28(25)34(27)5)19-10-12-20(13-11-19)29(36)35-14-8-9-23(35)30-4/h1,10,15-16,20,23H,8-9,11-14H2,2-3,5-6H3/t20-,23+/m1/s1. The molecule has 8 nitrogen and oxygen atoms in total. The first-order valence-electron chi connectivity index (χ1n) is 12.6. The van der Waals surface area contributed by atoms with Crippen molar-refractivity contribution in [3.05, 3.63) is 52.5 Å². The highest BCUT2D eigenvalue weighted by atomic mass is 16.5. The lowest BCUT2D eigenvalue weighted by Crippen LogP contribution is -2.38. The van der Waals surface area contributed by atoms with Crippen molar-refractivity contribution in [2.45, 2.75) is 52.1 Å². The van der Waals surface area contributed by atoms with Crippen LogP contribution in [0.25, 0.3) is 32.7 Å². The number of fused-ring (bicyclic) bond motifs is 1. The normalized spacial score (nSPS) is 19.4. The van der Waals surface area contributed by atoms with E-state index < -0.39 is 0 Å². The summed E-state index contributed by atoms with van der Waals surface area (Å²) < 4.78 is 7.87. The van der Waals surface area contributed by atoms with Gasteiger partial charge in [-0.1, -0.05) is 12.0 Å². The van der Waals surface area contributed by atoms with E-state index in [9.17, 15) is 4.79 Å². The molecule has 0 spiro atoms. The number of aryl methyl sites for hydroxylation is 3. The minimum absolute atomic E-state index is 0.102. The Bertz CT molecular complexity index is 1520. The molecule has 188 valence electrons. The van der Waals surface area contributed by atoms with Crippen LogP contribution in [0.1, 0.15) is 54.7 Å². The Hall–Kier alpha value is -4.17. The molecule has 3 aromatic heterocycles. The molecule has 0 aromatic carbocycles. The van der Waals surface area contributed by atoms with Crippen LogP contribution in [0.2, 0.25) is 0 Å². The maximum atomic E-state index is 13.2. The number of nitrogens with zero attached hydrogens (tertiary/aromatic N) is 6. The number of amides is 1. The number of aromatic nitrogens is 4. The minimum Gasteiger partial charge on any atom is -0.496 e. The Morgan fingerprint density at radius 3 is 2.73 bits per heavy atom. The van der Waals surface area contributed by atoms with Crippen LogP contribution in [0.5, 0.6) is 5.75 Å². The first-order chi connectivity index (χ1) is 17.9. The van der Waals surface area contributed by atoms with Gasteiger partial charge in [0, 0.05) is 42.9 Å². The zero-order valence-corrected chi connectivity index (χ0v) is 21.7. The van der Waals surface area contributed by atoms with E-state index in [0.29, 0.717) is 24.4 Å². The highest BCUT2D eigenvalue weighted by Crippen LogP contribution is 2.45. The van der Waals surface area contributed by atoms with Gasteiger partial charge >= 0.3 is 6.17 Å². The zero-order chi connectivity index (χ0) is 26.3. The molecule has 5 rings (SSSR count). The molecule has 37 heavy (non-hydrogen) atoms. The second-order valence-corrected chi connectivity index (χ2v) is 9.74. The summed E-state index contributed by atoms with van der Waals surface area (Å²) in [5.41, 5.74) is 7.05. The van der Waals surface area contributed by atoms with Crippen LogP contribution in [0.3, 0.4) is 0 Å². The van der Waals surface area contributed by atoms with Gasteiger partial charge in [-0.05, 0) is 45.1 Å². The van der Waals surface area contributed by atoms with E-state index in [0.717, 1.165) is 70.5 Å². The van der Waals surface area contributed by atoms with Crippen LogP contribution in [-0.2, 0) is 11.8 Å². The third-order valence-electron chi connectivity index (χ3n) is 7.66. The fraction of sp³-hybridized carbons (Fsp3) is 0.414. The molecule has 0 N–H and O–H groups in total. The second kappa shape index (κ2) is 9.71. The maximum absolute atomic E-state index is 13.2. The fourth-order valence-corrected chi connectivity index (χ4v) is 5.83. The van der Waals surface area contributed by atoms with E-state index in [-0.39, 0.29) is 18.0 Å². The third kappa shape index (κ3) is 4.03. The van der Waals surface area contributed by atoms with E-state index in [4.69, 9.17) is 17.7 Å². The monoisotopic (exact) mass is 494 g/mol. The molecule has 0 unspecified atom stereocenters. The molecule has 2 aliphatic rings. The summed E-state index contributed by atoms with van der Waals surface area (Å²) in [6, 6.07) is 1.79. The van der Waals surface area contributed by atoms with Gasteiger partial charge in [0.2, 0.25) is 5.91 Å². The molecule has 2 atom stereocenters. The van der Waals surface area contributed by atoms with Gasteiger partial charge in [-0.2, -0.15) is 0 Å². The van der Waals surface area contributed by atoms with Crippen LogP contribution >= 0.6 is 0 Å². The van der Waals surface area contributed by atoms with Crippen molar-refractivity contribution >= 4 is 22.5 Å². The van der Waals surface area contributed by atoms with Crippen molar-refractivity contribution in [1.82, 2.24) is 24.4 Å². The van der Waals surface area contributed by atoms with Crippen LogP contribution < -0.4 is 4.74 Å². The lowest BCUT2D eigenvalue weighted by molar-refractivity contribution is -0.135. The van der Waals surface area contributed by atoms with E-state index >= 15 is 0 Å². The lowest BCUT2D eigenvalue weighted by Gasteiger charge is -2.26. The predicted molar refractivity (Wildman–Crippen MR) is 142 cm³/mol. The summed E-state index contributed by atoms with van der Waals surface area (Å²) in [6.45, 7) is 12.1. The number of carbonyl (C=O) groups excluding carboxylic acids is 1. The number of allylic oxidation sites excluding steroid dienone is 2. The number of methoxy groups -OCH3 is 1. The van der Waals surface area contributed by atoms with Crippen LogP contribution in [0, 0.1) is 38.7 Å². The topological polar surface area (TPSA) is 77.5 Å². The molecule has 0 radical (unpaired) electrons. The molecule has 8 heteroatoms. The quantitative estimate of drug-likeness (QED) is 0.389. The predicted octanol–water partition coefficient (Wildman–Crippen LogP) is 4.69. The molecule has 1 amide bonds. The summed E-state index contributed by atoms with van der Waals surface area (Å²) in [7, 11) is 3.63. The average Bonchev–Trinajstić information content (AvgIpc) is 3.51. The second-order valence-electron chi connectivity index (χ2n) is 9.74. The highest BCUT2D eigenvalue weighted by Gasteiger charge is 2.37. The number of likely N-dealkylation sites (tertiary alicyclic amines) is 1. The summed E-state index contributed by atoms with van der Waals surface area (Å²) >= 11 is 0. The van der Waals surface area contributed by atoms with Gasteiger partial charge < -0.3 is 9.30 Å². The SMILES string of the molecule is [C-]#[N+][C@@H]1CCCN1C(=O)[C@@H]1CC=C(c2c(-c3c(OC)cc(C#C)nc3C)n(C)c3ncnc(C)c23)CC1. The van der Waals surface area contributed by atoms with Crippen LogP contribution in [0.15, 0.2) is 18.5 Å². The smallest absolute Gasteiger partial charge is 0.300 e. The number of terminal acetylenes is 1. The van der Waals surface area contributed by atoms with Crippen molar-refractivity contribution in [3.63, 3.8) is 0 Å². The van der Waals surface area contributed by atoms with Gasteiger partial charge in [-0.3, -0.25) is 14.5 Å². The number of carbonyl (C=O) groups is 1. The summed E-state index contributed by atoms with van der Waals surface area (Å²) in [5, 5.41) is 0.992. The van der Waals surface area contributed by atoms with Gasteiger partial charge in [0.25, 0.3) is 0 Å². The van der Waals surface area contributed by atoms with E-state index in [1.54, 1.807) is 24.4 Å². The molecule has 3 aromatic rings. The number of ether oxygens (including phenoxy) is 1. The molecule has 0 bridgehead atoms. The Balaban J connectivity index is 1.63.